The first-order valence-electron chi connectivity index (χ1n) is 8.12. The van der Waals surface area contributed by atoms with Gasteiger partial charge in [0.25, 0.3) is 5.91 Å². The Kier molecular flexibility index (Phi) is 5.61. The van der Waals surface area contributed by atoms with Crippen molar-refractivity contribution in [1.29, 1.82) is 0 Å². The Morgan fingerprint density at radius 3 is 2.50 bits per heavy atom. The molecule has 126 valence electrons. The van der Waals surface area contributed by atoms with Crippen molar-refractivity contribution in [3.05, 3.63) is 52.7 Å². The number of hydrogen-bond acceptors (Lipinski definition) is 4. The van der Waals surface area contributed by atoms with Crippen LogP contribution in [0.5, 0.6) is 0 Å². The number of hydrogen-bond donors (Lipinski definition) is 2. The van der Waals surface area contributed by atoms with Crippen LogP contribution in [0.2, 0.25) is 0 Å². The molecular weight excluding hydrogens is 322 g/mol. The standard InChI is InChI=1S/C18H21N3O2S/c22-17(19-14-5-2-1-3-6-14)13-21-10-8-15(9-11-21)20-18(23)16-7-4-12-24-16/h1-7,12,15H,8-11,13H2,(H,19,22)(H,20,23). The van der Waals surface area contributed by atoms with Crippen molar-refractivity contribution in [2.24, 2.45) is 0 Å². The van der Waals surface area contributed by atoms with Gasteiger partial charge in [-0.1, -0.05) is 24.3 Å². The molecule has 1 fully saturated rings. The topological polar surface area (TPSA) is 61.4 Å². The average molecular weight is 343 g/mol. The summed E-state index contributed by atoms with van der Waals surface area (Å²) >= 11 is 1.45. The van der Waals surface area contributed by atoms with Crippen molar-refractivity contribution in [3.63, 3.8) is 0 Å². The van der Waals surface area contributed by atoms with Crippen LogP contribution in [-0.2, 0) is 4.79 Å². The molecule has 2 heterocycles. The average Bonchev–Trinajstić information content (AvgIpc) is 3.12. The van der Waals surface area contributed by atoms with Gasteiger partial charge >= 0.3 is 0 Å². The summed E-state index contributed by atoms with van der Waals surface area (Å²) in [7, 11) is 0. The summed E-state index contributed by atoms with van der Waals surface area (Å²) in [6, 6.07) is 13.4. The summed E-state index contributed by atoms with van der Waals surface area (Å²) in [5.74, 6) is 0.00698. The molecule has 5 nitrogen and oxygen atoms in total. The van der Waals surface area contributed by atoms with E-state index < -0.39 is 0 Å². The van der Waals surface area contributed by atoms with Crippen LogP contribution in [-0.4, -0.2) is 42.4 Å². The zero-order valence-corrected chi connectivity index (χ0v) is 14.2. The summed E-state index contributed by atoms with van der Waals surface area (Å²) in [6.45, 7) is 2.02. The van der Waals surface area contributed by atoms with Crippen molar-refractivity contribution < 1.29 is 9.59 Å². The van der Waals surface area contributed by atoms with Gasteiger partial charge in [0.2, 0.25) is 5.91 Å². The number of anilines is 1. The van der Waals surface area contributed by atoms with E-state index in [9.17, 15) is 9.59 Å². The van der Waals surface area contributed by atoms with Crippen LogP contribution in [0, 0.1) is 0 Å². The Balaban J connectivity index is 1.40. The number of benzene rings is 1. The third-order valence-corrected chi connectivity index (χ3v) is 4.96. The Bertz CT molecular complexity index is 665. The van der Waals surface area contributed by atoms with E-state index in [1.165, 1.54) is 11.3 Å². The second kappa shape index (κ2) is 8.08. The second-order valence-electron chi connectivity index (χ2n) is 5.92. The van der Waals surface area contributed by atoms with Gasteiger partial charge in [-0.2, -0.15) is 0 Å². The molecule has 0 bridgehead atoms. The third-order valence-electron chi connectivity index (χ3n) is 4.09. The van der Waals surface area contributed by atoms with Crippen LogP contribution < -0.4 is 10.6 Å². The summed E-state index contributed by atoms with van der Waals surface area (Å²) < 4.78 is 0. The molecule has 1 aromatic carbocycles. The number of nitrogens with zero attached hydrogens (tertiary/aromatic N) is 1. The van der Waals surface area contributed by atoms with E-state index in [-0.39, 0.29) is 17.9 Å². The largest absolute Gasteiger partial charge is 0.349 e. The van der Waals surface area contributed by atoms with Crippen LogP contribution in [0.4, 0.5) is 5.69 Å². The highest BCUT2D eigenvalue weighted by molar-refractivity contribution is 7.12. The Morgan fingerprint density at radius 1 is 1.08 bits per heavy atom. The van der Waals surface area contributed by atoms with Crippen LogP contribution >= 0.6 is 11.3 Å². The lowest BCUT2D eigenvalue weighted by Crippen LogP contribution is -2.46. The minimum absolute atomic E-state index is 0.00210. The minimum Gasteiger partial charge on any atom is -0.349 e. The van der Waals surface area contributed by atoms with Gasteiger partial charge in [0.1, 0.15) is 0 Å². The number of nitrogens with one attached hydrogen (secondary N) is 2. The monoisotopic (exact) mass is 343 g/mol. The summed E-state index contributed by atoms with van der Waals surface area (Å²) in [6.07, 6.45) is 1.74. The highest BCUT2D eigenvalue weighted by atomic mass is 32.1. The fourth-order valence-electron chi connectivity index (χ4n) is 2.82. The number of rotatable bonds is 5. The molecule has 1 aromatic heterocycles. The lowest BCUT2D eigenvalue weighted by molar-refractivity contribution is -0.117. The highest BCUT2D eigenvalue weighted by Crippen LogP contribution is 2.14. The number of carbonyl (C=O) groups excluding carboxylic acids is 2. The van der Waals surface area contributed by atoms with Gasteiger partial charge in [-0.05, 0) is 36.4 Å². The van der Waals surface area contributed by atoms with Crippen LogP contribution in [0.25, 0.3) is 0 Å². The predicted octanol–water partition coefficient (Wildman–Crippen LogP) is 2.58. The molecule has 2 N–H and O–H groups in total. The number of likely N-dealkylation sites (tertiary alicyclic amines) is 1. The zero-order valence-electron chi connectivity index (χ0n) is 13.4. The predicted molar refractivity (Wildman–Crippen MR) is 96.3 cm³/mol. The van der Waals surface area contributed by atoms with Crippen LogP contribution in [0.15, 0.2) is 47.8 Å². The van der Waals surface area contributed by atoms with Crippen molar-refractivity contribution in [2.45, 2.75) is 18.9 Å². The van der Waals surface area contributed by atoms with Crippen molar-refractivity contribution in [3.8, 4) is 0 Å². The molecule has 0 unspecified atom stereocenters. The first-order chi connectivity index (χ1) is 11.7. The fourth-order valence-corrected chi connectivity index (χ4v) is 3.45. The van der Waals surface area contributed by atoms with Gasteiger partial charge in [0.15, 0.2) is 0 Å². The number of para-hydroxylation sites is 1. The van der Waals surface area contributed by atoms with Crippen molar-refractivity contribution >= 4 is 28.8 Å². The van der Waals surface area contributed by atoms with Gasteiger partial charge in [-0.25, -0.2) is 0 Å². The summed E-state index contributed by atoms with van der Waals surface area (Å²) in [4.78, 5) is 27.0. The molecule has 0 spiro atoms. The molecule has 2 aromatic rings. The van der Waals surface area contributed by atoms with E-state index >= 15 is 0 Å². The second-order valence-corrected chi connectivity index (χ2v) is 6.86. The number of amides is 2. The Morgan fingerprint density at radius 2 is 1.83 bits per heavy atom. The molecule has 3 rings (SSSR count). The zero-order chi connectivity index (χ0) is 16.8. The lowest BCUT2D eigenvalue weighted by atomic mass is 10.0. The Hall–Kier alpha value is -2.18. The highest BCUT2D eigenvalue weighted by Gasteiger charge is 2.22. The maximum absolute atomic E-state index is 12.1. The van der Waals surface area contributed by atoms with Crippen molar-refractivity contribution in [1.82, 2.24) is 10.2 Å². The third kappa shape index (κ3) is 4.66. The molecular formula is C18H21N3O2S. The molecule has 1 aliphatic rings. The summed E-state index contributed by atoms with van der Waals surface area (Å²) in [5.41, 5.74) is 0.820. The first-order valence-corrected chi connectivity index (χ1v) is 9.00. The quantitative estimate of drug-likeness (QED) is 0.877. The molecule has 0 radical (unpaired) electrons. The normalized spacial score (nSPS) is 15.8. The number of thiophene rings is 1. The van der Waals surface area contributed by atoms with Crippen molar-refractivity contribution in [2.75, 3.05) is 25.0 Å². The van der Waals surface area contributed by atoms with E-state index in [0.29, 0.717) is 6.54 Å². The first kappa shape index (κ1) is 16.7. The molecule has 1 aliphatic heterocycles. The van der Waals surface area contributed by atoms with Crippen LogP contribution in [0.1, 0.15) is 22.5 Å². The molecule has 0 atom stereocenters. The van der Waals surface area contributed by atoms with E-state index in [1.807, 2.05) is 47.8 Å². The van der Waals surface area contributed by atoms with Gasteiger partial charge in [-0.15, -0.1) is 11.3 Å². The van der Waals surface area contributed by atoms with Crippen LogP contribution in [0.3, 0.4) is 0 Å². The smallest absolute Gasteiger partial charge is 0.261 e. The van der Waals surface area contributed by atoms with Gasteiger partial charge in [0.05, 0.1) is 11.4 Å². The van der Waals surface area contributed by atoms with Gasteiger partial charge in [0, 0.05) is 24.8 Å². The number of carbonyl (C=O) groups is 2. The molecule has 6 heteroatoms. The lowest BCUT2D eigenvalue weighted by Gasteiger charge is -2.31. The number of piperidine rings is 1. The molecule has 1 saturated heterocycles. The maximum Gasteiger partial charge on any atom is 0.261 e. The Labute approximate surface area is 145 Å². The van der Waals surface area contributed by atoms with Gasteiger partial charge in [-0.3, -0.25) is 14.5 Å². The van der Waals surface area contributed by atoms with E-state index in [2.05, 4.69) is 15.5 Å². The maximum atomic E-state index is 12.1. The van der Waals surface area contributed by atoms with E-state index in [1.54, 1.807) is 0 Å². The molecule has 24 heavy (non-hydrogen) atoms. The van der Waals surface area contributed by atoms with Gasteiger partial charge < -0.3 is 10.6 Å². The SMILES string of the molecule is O=C(CN1CCC(NC(=O)c2cccs2)CC1)Nc1ccccc1. The molecule has 0 aliphatic carbocycles. The molecule has 2 amide bonds. The minimum atomic E-state index is 0.00210. The summed E-state index contributed by atoms with van der Waals surface area (Å²) in [5, 5.41) is 7.89. The van der Waals surface area contributed by atoms with E-state index in [0.717, 1.165) is 36.5 Å². The molecule has 0 saturated carbocycles. The fraction of sp³-hybridized carbons (Fsp3) is 0.333. The van der Waals surface area contributed by atoms with E-state index in [4.69, 9.17) is 0 Å².